The molecule has 0 aromatic heterocycles. The number of amides is 3. The van der Waals surface area contributed by atoms with Gasteiger partial charge < -0.3 is 20.2 Å². The smallest absolute Gasteiger partial charge is 0.321 e. The van der Waals surface area contributed by atoms with Gasteiger partial charge >= 0.3 is 6.03 Å². The molecule has 24 heavy (non-hydrogen) atoms. The summed E-state index contributed by atoms with van der Waals surface area (Å²) >= 11 is 0. The Morgan fingerprint density at radius 2 is 2.17 bits per heavy atom. The van der Waals surface area contributed by atoms with Crippen molar-refractivity contribution >= 4 is 17.6 Å². The summed E-state index contributed by atoms with van der Waals surface area (Å²) in [4.78, 5) is 28.5. The minimum absolute atomic E-state index is 0.0423. The van der Waals surface area contributed by atoms with Crippen LogP contribution >= 0.6 is 0 Å². The van der Waals surface area contributed by atoms with E-state index in [-0.39, 0.29) is 37.5 Å². The average molecular weight is 335 g/mol. The Kier molecular flexibility index (Phi) is 4.45. The minimum Gasteiger partial charge on any atom is -0.389 e. The van der Waals surface area contributed by atoms with E-state index in [1.165, 1.54) is 28.0 Å². The summed E-state index contributed by atoms with van der Waals surface area (Å²) in [5.74, 6) is -0.708. The van der Waals surface area contributed by atoms with Gasteiger partial charge in [-0.25, -0.2) is 9.18 Å². The van der Waals surface area contributed by atoms with Gasteiger partial charge in [-0.05, 0) is 29.7 Å². The highest BCUT2D eigenvalue weighted by molar-refractivity contribution is 5.99. The van der Waals surface area contributed by atoms with Gasteiger partial charge in [0.2, 0.25) is 5.91 Å². The maximum absolute atomic E-state index is 13.6. The lowest BCUT2D eigenvalue weighted by atomic mass is 9.96. The summed E-state index contributed by atoms with van der Waals surface area (Å²) in [5.41, 5.74) is 1.11. The quantitative estimate of drug-likeness (QED) is 0.865. The molecule has 0 aliphatic carbocycles. The summed E-state index contributed by atoms with van der Waals surface area (Å²) in [6, 6.07) is 3.24. The van der Waals surface area contributed by atoms with Crippen LogP contribution in [0, 0.1) is 11.7 Å². The van der Waals surface area contributed by atoms with Gasteiger partial charge in [-0.1, -0.05) is 20.3 Å². The number of carbonyl (C=O) groups excluding carboxylic acids is 2. The molecule has 1 saturated heterocycles. The van der Waals surface area contributed by atoms with Gasteiger partial charge in [-0.3, -0.25) is 4.79 Å². The Morgan fingerprint density at radius 3 is 2.79 bits per heavy atom. The maximum Gasteiger partial charge on any atom is 0.321 e. The lowest BCUT2D eigenvalue weighted by Gasteiger charge is -2.42. The van der Waals surface area contributed by atoms with E-state index < -0.39 is 18.0 Å². The monoisotopic (exact) mass is 335 g/mol. The first kappa shape index (κ1) is 16.7. The molecule has 2 aliphatic heterocycles. The van der Waals surface area contributed by atoms with E-state index in [4.69, 9.17) is 0 Å². The molecule has 1 aromatic carbocycles. The molecule has 2 N–H and O–H groups in total. The molecule has 2 aliphatic rings. The number of carbonyl (C=O) groups is 2. The first-order valence-electron chi connectivity index (χ1n) is 8.23. The van der Waals surface area contributed by atoms with Crippen molar-refractivity contribution in [2.45, 2.75) is 39.0 Å². The van der Waals surface area contributed by atoms with Gasteiger partial charge in [0.1, 0.15) is 11.9 Å². The van der Waals surface area contributed by atoms with Crippen LogP contribution in [0.3, 0.4) is 0 Å². The minimum atomic E-state index is -0.629. The number of hydrogen-bond donors (Lipinski definition) is 2. The van der Waals surface area contributed by atoms with Crippen LogP contribution in [0.5, 0.6) is 0 Å². The number of nitrogens with one attached hydrogen (secondary N) is 1. The standard InChI is InChI=1S/C17H22FN3O3/c1-3-10(2)15-16(23)19-14-5-4-12(18)6-11(14)7-21(15)17(24)20-8-13(22)9-20/h4-6,10,13,15,22H,3,7-9H2,1-2H3,(H,19,23). The van der Waals surface area contributed by atoms with Crippen LogP contribution in [0.15, 0.2) is 18.2 Å². The maximum atomic E-state index is 13.6. The highest BCUT2D eigenvalue weighted by Gasteiger charge is 2.41. The Labute approximate surface area is 140 Å². The third-order valence-corrected chi connectivity index (χ3v) is 4.83. The largest absolute Gasteiger partial charge is 0.389 e. The molecule has 0 bridgehead atoms. The Hall–Kier alpha value is -2.15. The number of likely N-dealkylation sites (tertiary alicyclic amines) is 1. The average Bonchev–Trinajstić information content (AvgIpc) is 2.66. The number of anilines is 1. The van der Waals surface area contributed by atoms with E-state index in [9.17, 15) is 19.1 Å². The highest BCUT2D eigenvalue weighted by atomic mass is 19.1. The lowest BCUT2D eigenvalue weighted by molar-refractivity contribution is -0.122. The molecule has 0 spiro atoms. The second-order valence-electron chi connectivity index (χ2n) is 6.59. The zero-order chi connectivity index (χ0) is 17.4. The molecule has 3 rings (SSSR count). The van der Waals surface area contributed by atoms with Crippen LogP contribution in [0.1, 0.15) is 25.8 Å². The number of rotatable bonds is 2. The Bertz CT molecular complexity index is 660. The van der Waals surface area contributed by atoms with Crippen LogP contribution in [0.4, 0.5) is 14.9 Å². The Balaban J connectivity index is 1.96. The summed E-state index contributed by atoms with van der Waals surface area (Å²) < 4.78 is 13.6. The van der Waals surface area contributed by atoms with Crippen molar-refractivity contribution in [3.63, 3.8) is 0 Å². The zero-order valence-electron chi connectivity index (χ0n) is 13.8. The molecule has 6 nitrogen and oxygen atoms in total. The SMILES string of the molecule is CCC(C)C1C(=O)Nc2ccc(F)cc2CN1C(=O)N1CC(O)C1. The molecule has 1 aromatic rings. The third-order valence-electron chi connectivity index (χ3n) is 4.83. The highest BCUT2D eigenvalue weighted by Crippen LogP contribution is 2.29. The number of aliphatic hydroxyl groups excluding tert-OH is 1. The van der Waals surface area contributed by atoms with E-state index in [0.29, 0.717) is 11.3 Å². The van der Waals surface area contributed by atoms with E-state index in [1.807, 2.05) is 13.8 Å². The molecule has 0 radical (unpaired) electrons. The van der Waals surface area contributed by atoms with Gasteiger partial charge in [0.25, 0.3) is 0 Å². The number of benzene rings is 1. The molecule has 3 amide bonds. The molecule has 2 heterocycles. The predicted molar refractivity (Wildman–Crippen MR) is 86.8 cm³/mol. The van der Waals surface area contributed by atoms with Crippen LogP contribution in [0.2, 0.25) is 0 Å². The molecule has 130 valence electrons. The molecule has 7 heteroatoms. The summed E-state index contributed by atoms with van der Waals surface area (Å²) in [6.07, 6.45) is 0.219. The molecule has 2 atom stereocenters. The normalized spacial score (nSPS) is 22.3. The van der Waals surface area contributed by atoms with Crippen LogP contribution < -0.4 is 5.32 Å². The number of fused-ring (bicyclic) bond motifs is 1. The first-order valence-corrected chi connectivity index (χ1v) is 8.23. The number of aliphatic hydroxyl groups is 1. The van der Waals surface area contributed by atoms with Crippen molar-refractivity contribution < 1.29 is 19.1 Å². The first-order chi connectivity index (χ1) is 11.4. The number of halogens is 1. The topological polar surface area (TPSA) is 72.9 Å². The van der Waals surface area contributed by atoms with Crippen molar-refractivity contribution in [1.29, 1.82) is 0 Å². The summed E-state index contributed by atoms with van der Waals surface area (Å²) in [7, 11) is 0. The van der Waals surface area contributed by atoms with Crippen LogP contribution in [-0.4, -0.2) is 52.1 Å². The van der Waals surface area contributed by atoms with Gasteiger partial charge in [0.05, 0.1) is 25.7 Å². The molecule has 0 saturated carbocycles. The van der Waals surface area contributed by atoms with E-state index in [1.54, 1.807) is 0 Å². The number of hydrogen-bond acceptors (Lipinski definition) is 3. The van der Waals surface area contributed by atoms with Crippen molar-refractivity contribution in [3.05, 3.63) is 29.6 Å². The van der Waals surface area contributed by atoms with Crippen molar-refractivity contribution in [2.75, 3.05) is 18.4 Å². The fourth-order valence-corrected chi connectivity index (χ4v) is 3.21. The van der Waals surface area contributed by atoms with E-state index >= 15 is 0 Å². The summed E-state index contributed by atoms with van der Waals surface area (Å²) in [6.45, 7) is 4.57. The second-order valence-corrected chi connectivity index (χ2v) is 6.59. The number of urea groups is 1. The van der Waals surface area contributed by atoms with Gasteiger partial charge in [-0.2, -0.15) is 0 Å². The van der Waals surface area contributed by atoms with Crippen molar-refractivity contribution in [1.82, 2.24) is 9.80 Å². The zero-order valence-corrected chi connectivity index (χ0v) is 13.8. The third kappa shape index (κ3) is 2.96. The molecular weight excluding hydrogens is 313 g/mol. The van der Waals surface area contributed by atoms with E-state index in [2.05, 4.69) is 5.32 Å². The molecular formula is C17H22FN3O3. The number of nitrogens with zero attached hydrogens (tertiary/aromatic N) is 2. The van der Waals surface area contributed by atoms with Gasteiger partial charge in [0, 0.05) is 5.69 Å². The number of β-amino-alcohol motifs (C(OH)–C–C–N with tert-alkyl or cyclic N) is 1. The fourth-order valence-electron chi connectivity index (χ4n) is 3.21. The van der Waals surface area contributed by atoms with Gasteiger partial charge in [0.15, 0.2) is 0 Å². The molecule has 1 fully saturated rings. The summed E-state index contributed by atoms with van der Waals surface area (Å²) in [5, 5.41) is 12.3. The van der Waals surface area contributed by atoms with Crippen molar-refractivity contribution in [3.8, 4) is 0 Å². The van der Waals surface area contributed by atoms with Gasteiger partial charge in [-0.15, -0.1) is 0 Å². The predicted octanol–water partition coefficient (Wildman–Crippen LogP) is 1.79. The van der Waals surface area contributed by atoms with Crippen LogP contribution in [-0.2, 0) is 11.3 Å². The van der Waals surface area contributed by atoms with E-state index in [0.717, 1.165) is 6.42 Å². The van der Waals surface area contributed by atoms with Crippen molar-refractivity contribution in [2.24, 2.45) is 5.92 Å². The van der Waals surface area contributed by atoms with Crippen LogP contribution in [0.25, 0.3) is 0 Å². The lowest BCUT2D eigenvalue weighted by Crippen LogP contribution is -2.60. The Morgan fingerprint density at radius 1 is 1.46 bits per heavy atom. The molecule has 2 unspecified atom stereocenters. The second kappa shape index (κ2) is 6.39. The fraction of sp³-hybridized carbons (Fsp3) is 0.529.